The first-order valence-electron chi connectivity index (χ1n) is 9.93. The highest BCUT2D eigenvalue weighted by molar-refractivity contribution is 7.87. The molecule has 1 atom stereocenters. The minimum absolute atomic E-state index is 0.0934. The number of hydrogen-bond donors (Lipinski definition) is 2. The zero-order valence-corrected chi connectivity index (χ0v) is 18.5. The second-order valence-electron chi connectivity index (χ2n) is 7.78. The fourth-order valence-electron chi connectivity index (χ4n) is 2.69. The molecule has 1 aromatic carbocycles. The van der Waals surface area contributed by atoms with Gasteiger partial charge in [0.15, 0.2) is 5.78 Å². The quantitative estimate of drug-likeness (QED) is 0.512. The van der Waals surface area contributed by atoms with Crippen molar-refractivity contribution in [3.8, 4) is 0 Å². The topological polar surface area (TPSA) is 84.5 Å². The van der Waals surface area contributed by atoms with Gasteiger partial charge in [-0.2, -0.15) is 0 Å². The van der Waals surface area contributed by atoms with E-state index in [2.05, 4.69) is 23.9 Å². The van der Waals surface area contributed by atoms with Crippen molar-refractivity contribution in [1.82, 2.24) is 5.32 Å². The normalized spacial score (nSPS) is 12.5. The van der Waals surface area contributed by atoms with Crippen molar-refractivity contribution in [3.63, 3.8) is 0 Å². The van der Waals surface area contributed by atoms with Crippen LogP contribution in [0.2, 0.25) is 0 Å². The Kier molecular flexibility index (Phi) is 10.2. The minimum Gasteiger partial charge on any atom is -0.444 e. The van der Waals surface area contributed by atoms with Crippen molar-refractivity contribution >= 4 is 28.5 Å². The van der Waals surface area contributed by atoms with Gasteiger partial charge in [0.2, 0.25) is 0 Å². The number of Topliss-reactive ketones (excluding diaryl/α,β-unsaturated/α-hetero) is 1. The maximum Gasteiger partial charge on any atom is 0.407 e. The molecule has 6 nitrogen and oxygen atoms in total. The van der Waals surface area contributed by atoms with E-state index in [1.807, 2.05) is 6.07 Å². The summed E-state index contributed by atoms with van der Waals surface area (Å²) in [4.78, 5) is 24.0. The first-order chi connectivity index (χ1) is 13.2. The van der Waals surface area contributed by atoms with Crippen LogP contribution in [0.4, 0.5) is 10.5 Å². The SMILES string of the molecule is CCCC(CCC)S(=O)Nc1cccc(C(=O)CCNC(=O)OC(C)(C)C)c1. The third-order valence-electron chi connectivity index (χ3n) is 3.95. The molecule has 0 aliphatic carbocycles. The fourth-order valence-corrected chi connectivity index (χ4v) is 4.12. The Bertz CT molecular complexity index is 665. The summed E-state index contributed by atoms with van der Waals surface area (Å²) < 4.78 is 20.8. The molecule has 0 bridgehead atoms. The first-order valence-corrected chi connectivity index (χ1v) is 11.1. The molecule has 28 heavy (non-hydrogen) atoms. The van der Waals surface area contributed by atoms with Crippen LogP contribution in [0.1, 0.15) is 77.1 Å². The van der Waals surface area contributed by atoms with Crippen molar-refractivity contribution < 1.29 is 18.5 Å². The molecule has 1 unspecified atom stereocenters. The summed E-state index contributed by atoms with van der Waals surface area (Å²) in [5, 5.41) is 2.69. The van der Waals surface area contributed by atoms with Crippen molar-refractivity contribution in [2.24, 2.45) is 0 Å². The van der Waals surface area contributed by atoms with E-state index in [4.69, 9.17) is 4.74 Å². The second kappa shape index (κ2) is 11.8. The number of rotatable bonds is 11. The molecule has 0 aromatic heterocycles. The summed E-state index contributed by atoms with van der Waals surface area (Å²) >= 11 is 0. The van der Waals surface area contributed by atoms with Gasteiger partial charge in [-0.1, -0.05) is 38.8 Å². The van der Waals surface area contributed by atoms with Gasteiger partial charge in [0.05, 0.1) is 5.25 Å². The van der Waals surface area contributed by atoms with E-state index in [1.165, 1.54) is 0 Å². The highest BCUT2D eigenvalue weighted by Crippen LogP contribution is 2.18. The summed E-state index contributed by atoms with van der Waals surface area (Å²) in [6.07, 6.45) is 3.41. The van der Waals surface area contributed by atoms with E-state index in [-0.39, 0.29) is 24.0 Å². The third-order valence-corrected chi connectivity index (χ3v) is 5.46. The summed E-state index contributed by atoms with van der Waals surface area (Å²) in [6.45, 7) is 9.73. The number of carbonyl (C=O) groups excluding carboxylic acids is 2. The number of amides is 1. The van der Waals surface area contributed by atoms with Crippen LogP contribution in [0.3, 0.4) is 0 Å². The molecule has 0 fully saturated rings. The predicted octanol–water partition coefficient (Wildman–Crippen LogP) is 4.83. The molecule has 0 heterocycles. The molecule has 158 valence electrons. The zero-order valence-electron chi connectivity index (χ0n) is 17.7. The lowest BCUT2D eigenvalue weighted by Gasteiger charge is -2.19. The first kappa shape index (κ1) is 24.1. The molecule has 1 aromatic rings. The Morgan fingerprint density at radius 2 is 1.79 bits per heavy atom. The molecule has 0 spiro atoms. The number of carbonyl (C=O) groups is 2. The molecule has 0 radical (unpaired) electrons. The lowest BCUT2D eigenvalue weighted by molar-refractivity contribution is 0.0527. The van der Waals surface area contributed by atoms with Gasteiger partial charge < -0.3 is 14.8 Å². The lowest BCUT2D eigenvalue weighted by atomic mass is 10.1. The van der Waals surface area contributed by atoms with Gasteiger partial charge in [-0.25, -0.2) is 9.00 Å². The monoisotopic (exact) mass is 410 g/mol. The molecule has 2 N–H and O–H groups in total. The number of ether oxygens (including phenoxy) is 1. The van der Waals surface area contributed by atoms with Crippen LogP contribution < -0.4 is 10.0 Å². The van der Waals surface area contributed by atoms with Crippen LogP contribution in [-0.4, -0.2) is 33.5 Å². The van der Waals surface area contributed by atoms with Gasteiger partial charge in [0.25, 0.3) is 0 Å². The van der Waals surface area contributed by atoms with Crippen LogP contribution >= 0.6 is 0 Å². The highest BCUT2D eigenvalue weighted by atomic mass is 32.2. The van der Waals surface area contributed by atoms with Crippen LogP contribution in [0.5, 0.6) is 0 Å². The van der Waals surface area contributed by atoms with Gasteiger partial charge >= 0.3 is 6.09 Å². The van der Waals surface area contributed by atoms with E-state index in [0.717, 1.165) is 25.7 Å². The van der Waals surface area contributed by atoms with E-state index < -0.39 is 22.7 Å². The molecule has 1 rings (SSSR count). The van der Waals surface area contributed by atoms with Crippen molar-refractivity contribution in [1.29, 1.82) is 0 Å². The van der Waals surface area contributed by atoms with Crippen LogP contribution in [0.25, 0.3) is 0 Å². The maximum atomic E-state index is 12.6. The molecule has 0 aliphatic heterocycles. The minimum atomic E-state index is -1.19. The number of alkyl carbamates (subject to hydrolysis) is 1. The summed E-state index contributed by atoms with van der Waals surface area (Å²) in [5.41, 5.74) is 0.619. The van der Waals surface area contributed by atoms with Crippen molar-refractivity contribution in [2.45, 2.75) is 77.6 Å². The number of hydrogen-bond acceptors (Lipinski definition) is 4. The molecule has 0 saturated carbocycles. The Morgan fingerprint density at radius 1 is 1.14 bits per heavy atom. The Balaban J connectivity index is 2.60. The standard InChI is InChI=1S/C21H34N2O4S/c1-6-9-18(10-7-2)28(26)23-17-12-8-11-16(15-17)19(24)13-14-22-20(25)27-21(3,4)5/h8,11-12,15,18,23H,6-7,9-10,13-14H2,1-5H3,(H,22,25). The van der Waals surface area contributed by atoms with Gasteiger partial charge in [0, 0.05) is 24.2 Å². The van der Waals surface area contributed by atoms with Gasteiger partial charge in [-0.15, -0.1) is 0 Å². The number of nitrogens with one attached hydrogen (secondary N) is 2. The summed E-state index contributed by atoms with van der Waals surface area (Å²) in [5.74, 6) is -0.0934. The zero-order chi connectivity index (χ0) is 21.2. The van der Waals surface area contributed by atoms with Crippen molar-refractivity contribution in [2.75, 3.05) is 11.3 Å². The fraction of sp³-hybridized carbons (Fsp3) is 0.619. The largest absolute Gasteiger partial charge is 0.444 e. The number of benzene rings is 1. The van der Waals surface area contributed by atoms with Gasteiger partial charge in [-0.05, 0) is 45.7 Å². The maximum absolute atomic E-state index is 12.6. The Morgan fingerprint density at radius 3 is 2.36 bits per heavy atom. The molecule has 7 heteroatoms. The summed E-state index contributed by atoms with van der Waals surface area (Å²) in [7, 11) is -1.19. The van der Waals surface area contributed by atoms with Crippen LogP contribution in [-0.2, 0) is 15.7 Å². The summed E-state index contributed by atoms with van der Waals surface area (Å²) in [6, 6.07) is 7.01. The highest BCUT2D eigenvalue weighted by Gasteiger charge is 2.17. The average Bonchev–Trinajstić information content (AvgIpc) is 2.60. The lowest BCUT2D eigenvalue weighted by Crippen LogP contribution is -2.33. The van der Waals surface area contributed by atoms with E-state index in [1.54, 1.807) is 39.0 Å². The molecular formula is C21H34N2O4S. The smallest absolute Gasteiger partial charge is 0.407 e. The molecular weight excluding hydrogens is 376 g/mol. The second-order valence-corrected chi connectivity index (χ2v) is 9.25. The Labute approximate surface area is 171 Å². The predicted molar refractivity (Wildman–Crippen MR) is 115 cm³/mol. The molecule has 1 amide bonds. The molecule has 0 saturated heterocycles. The van der Waals surface area contributed by atoms with Crippen LogP contribution in [0, 0.1) is 0 Å². The van der Waals surface area contributed by atoms with Gasteiger partial charge in [0.1, 0.15) is 16.6 Å². The van der Waals surface area contributed by atoms with Crippen LogP contribution in [0.15, 0.2) is 24.3 Å². The number of ketones is 1. The number of anilines is 1. The van der Waals surface area contributed by atoms with E-state index >= 15 is 0 Å². The Hall–Kier alpha value is -1.89. The van der Waals surface area contributed by atoms with E-state index in [0.29, 0.717) is 11.3 Å². The van der Waals surface area contributed by atoms with Gasteiger partial charge in [-0.3, -0.25) is 4.79 Å². The molecule has 0 aliphatic rings. The third kappa shape index (κ3) is 9.35. The van der Waals surface area contributed by atoms with E-state index in [9.17, 15) is 13.8 Å². The van der Waals surface area contributed by atoms with Crippen molar-refractivity contribution in [3.05, 3.63) is 29.8 Å². The average molecular weight is 411 g/mol.